The summed E-state index contributed by atoms with van der Waals surface area (Å²) in [6.45, 7) is 0. The van der Waals surface area contributed by atoms with Crippen LogP contribution in [-0.4, -0.2) is 11.0 Å². The van der Waals surface area contributed by atoms with E-state index >= 15 is 0 Å². The van der Waals surface area contributed by atoms with Crippen LogP contribution in [0.1, 0.15) is 17.0 Å². The zero-order valence-electron chi connectivity index (χ0n) is 9.81. The van der Waals surface area contributed by atoms with Gasteiger partial charge in [0.1, 0.15) is 11.6 Å². The molecule has 1 atom stereocenters. The topological polar surface area (TPSA) is 20.2 Å². The van der Waals surface area contributed by atoms with Gasteiger partial charge in [-0.3, -0.25) is 0 Å². The molecule has 2 rings (SSSR count). The predicted octanol–water partition coefficient (Wildman–Crippen LogP) is 4.10. The Hall–Kier alpha value is -1.54. The zero-order chi connectivity index (χ0) is 13.0. The van der Waals surface area contributed by atoms with Crippen molar-refractivity contribution in [3.8, 4) is 5.75 Å². The number of halogens is 2. The molecule has 0 aromatic heterocycles. The Kier molecular flexibility index (Phi) is 4.21. The number of alkyl halides is 1. The van der Waals surface area contributed by atoms with E-state index in [1.54, 1.807) is 18.2 Å². The molecule has 94 valence electrons. The third-order valence-corrected chi connectivity index (χ3v) is 3.30. The average Bonchev–Trinajstić information content (AvgIpc) is 2.38. The van der Waals surface area contributed by atoms with E-state index in [0.717, 1.165) is 17.5 Å². The van der Waals surface area contributed by atoms with Gasteiger partial charge < -0.3 is 5.11 Å². The SMILES string of the molecule is Oc1ccc(CC(CCl)c2cccc(F)c2)cc1. The Morgan fingerprint density at radius 1 is 1.11 bits per heavy atom. The van der Waals surface area contributed by atoms with Crippen LogP contribution in [-0.2, 0) is 6.42 Å². The monoisotopic (exact) mass is 264 g/mol. The number of phenolic OH excluding ortho intramolecular Hbond substituents is 1. The summed E-state index contributed by atoms with van der Waals surface area (Å²) < 4.78 is 13.2. The van der Waals surface area contributed by atoms with E-state index in [-0.39, 0.29) is 17.5 Å². The first kappa shape index (κ1) is 12.9. The van der Waals surface area contributed by atoms with Gasteiger partial charge in [-0.25, -0.2) is 4.39 Å². The molecule has 1 N–H and O–H groups in total. The van der Waals surface area contributed by atoms with Gasteiger partial charge in [-0.05, 0) is 41.8 Å². The summed E-state index contributed by atoms with van der Waals surface area (Å²) in [5.74, 6) is 0.511. The highest BCUT2D eigenvalue weighted by Gasteiger charge is 2.12. The van der Waals surface area contributed by atoms with E-state index in [4.69, 9.17) is 11.6 Å². The van der Waals surface area contributed by atoms with Crippen molar-refractivity contribution < 1.29 is 9.50 Å². The van der Waals surface area contributed by atoms with Crippen molar-refractivity contribution >= 4 is 11.6 Å². The van der Waals surface area contributed by atoms with E-state index < -0.39 is 0 Å². The first-order chi connectivity index (χ1) is 8.69. The van der Waals surface area contributed by atoms with Gasteiger partial charge in [0.25, 0.3) is 0 Å². The van der Waals surface area contributed by atoms with E-state index in [1.165, 1.54) is 12.1 Å². The molecule has 0 aliphatic heterocycles. The lowest BCUT2D eigenvalue weighted by atomic mass is 9.93. The van der Waals surface area contributed by atoms with E-state index in [9.17, 15) is 9.50 Å². The van der Waals surface area contributed by atoms with Crippen molar-refractivity contribution in [2.75, 3.05) is 5.88 Å². The molecule has 3 heteroatoms. The number of hydrogen-bond acceptors (Lipinski definition) is 1. The Labute approximate surface area is 111 Å². The van der Waals surface area contributed by atoms with Crippen LogP contribution in [0.2, 0.25) is 0 Å². The molecule has 0 radical (unpaired) electrons. The number of rotatable bonds is 4. The summed E-state index contributed by atoms with van der Waals surface area (Å²) >= 11 is 5.96. The lowest BCUT2D eigenvalue weighted by molar-refractivity contribution is 0.475. The van der Waals surface area contributed by atoms with Crippen molar-refractivity contribution in [2.45, 2.75) is 12.3 Å². The highest BCUT2D eigenvalue weighted by Crippen LogP contribution is 2.24. The predicted molar refractivity (Wildman–Crippen MR) is 71.7 cm³/mol. The van der Waals surface area contributed by atoms with Crippen LogP contribution in [0.5, 0.6) is 5.75 Å². The molecule has 2 aromatic carbocycles. The molecule has 1 unspecified atom stereocenters. The second-order valence-corrected chi connectivity index (χ2v) is 4.59. The largest absolute Gasteiger partial charge is 0.508 e. The highest BCUT2D eigenvalue weighted by molar-refractivity contribution is 6.18. The maximum atomic E-state index is 13.2. The van der Waals surface area contributed by atoms with Gasteiger partial charge in [-0.2, -0.15) is 0 Å². The molecule has 0 spiro atoms. The molecular formula is C15H14ClFO. The number of phenols is 1. The molecule has 0 bridgehead atoms. The zero-order valence-corrected chi connectivity index (χ0v) is 10.6. The molecule has 0 saturated heterocycles. The lowest BCUT2D eigenvalue weighted by Gasteiger charge is -2.14. The molecule has 0 saturated carbocycles. The Morgan fingerprint density at radius 2 is 1.83 bits per heavy atom. The molecule has 0 aliphatic rings. The molecule has 0 heterocycles. The molecule has 18 heavy (non-hydrogen) atoms. The summed E-state index contributed by atoms with van der Waals surface area (Å²) in [6.07, 6.45) is 0.729. The van der Waals surface area contributed by atoms with E-state index in [1.807, 2.05) is 18.2 Å². The molecule has 2 aromatic rings. The van der Waals surface area contributed by atoms with Crippen LogP contribution in [0.4, 0.5) is 4.39 Å². The van der Waals surface area contributed by atoms with Crippen molar-refractivity contribution in [3.63, 3.8) is 0 Å². The van der Waals surface area contributed by atoms with Gasteiger partial charge >= 0.3 is 0 Å². The van der Waals surface area contributed by atoms with Gasteiger partial charge in [0, 0.05) is 11.8 Å². The van der Waals surface area contributed by atoms with Crippen LogP contribution in [0, 0.1) is 5.82 Å². The minimum Gasteiger partial charge on any atom is -0.508 e. The first-order valence-corrected chi connectivity index (χ1v) is 6.32. The van der Waals surface area contributed by atoms with Gasteiger partial charge in [0.05, 0.1) is 0 Å². The number of benzene rings is 2. The third kappa shape index (κ3) is 3.23. The Balaban J connectivity index is 2.17. The second kappa shape index (κ2) is 5.87. The van der Waals surface area contributed by atoms with Crippen molar-refractivity contribution in [1.29, 1.82) is 0 Å². The van der Waals surface area contributed by atoms with Crippen LogP contribution in [0.3, 0.4) is 0 Å². The summed E-state index contributed by atoms with van der Waals surface area (Å²) in [5.41, 5.74) is 1.97. The molecule has 0 aliphatic carbocycles. The van der Waals surface area contributed by atoms with Crippen LogP contribution < -0.4 is 0 Å². The van der Waals surface area contributed by atoms with E-state index in [0.29, 0.717) is 5.88 Å². The fourth-order valence-corrected chi connectivity index (χ4v) is 2.23. The van der Waals surface area contributed by atoms with Gasteiger partial charge in [0.15, 0.2) is 0 Å². The summed E-state index contributed by atoms with van der Waals surface area (Å²) in [6, 6.07) is 13.5. The molecule has 0 fully saturated rings. The summed E-state index contributed by atoms with van der Waals surface area (Å²) in [5, 5.41) is 9.23. The maximum absolute atomic E-state index is 13.2. The minimum atomic E-state index is -0.242. The van der Waals surface area contributed by atoms with Crippen molar-refractivity contribution in [2.24, 2.45) is 0 Å². The van der Waals surface area contributed by atoms with Gasteiger partial charge in [-0.1, -0.05) is 24.3 Å². The van der Waals surface area contributed by atoms with Gasteiger partial charge in [-0.15, -0.1) is 11.6 Å². The Morgan fingerprint density at radius 3 is 2.44 bits per heavy atom. The summed E-state index contributed by atoms with van der Waals surface area (Å²) in [4.78, 5) is 0. The smallest absolute Gasteiger partial charge is 0.123 e. The Bertz CT molecular complexity index is 510. The van der Waals surface area contributed by atoms with Crippen LogP contribution in [0.15, 0.2) is 48.5 Å². The second-order valence-electron chi connectivity index (χ2n) is 4.28. The lowest BCUT2D eigenvalue weighted by Crippen LogP contribution is -2.05. The summed E-state index contributed by atoms with van der Waals surface area (Å²) in [7, 11) is 0. The standard InChI is InChI=1S/C15H14ClFO/c16-10-13(12-2-1-3-14(17)9-12)8-11-4-6-15(18)7-5-11/h1-7,9,13,18H,8,10H2. The third-order valence-electron chi connectivity index (χ3n) is 2.92. The highest BCUT2D eigenvalue weighted by atomic mass is 35.5. The van der Waals surface area contributed by atoms with Crippen LogP contribution >= 0.6 is 11.6 Å². The fraction of sp³-hybridized carbons (Fsp3) is 0.200. The van der Waals surface area contributed by atoms with Gasteiger partial charge in [0.2, 0.25) is 0 Å². The minimum absolute atomic E-state index is 0.0758. The first-order valence-electron chi connectivity index (χ1n) is 5.78. The van der Waals surface area contributed by atoms with E-state index in [2.05, 4.69) is 0 Å². The number of hydrogen-bond donors (Lipinski definition) is 1. The van der Waals surface area contributed by atoms with Crippen molar-refractivity contribution in [1.82, 2.24) is 0 Å². The average molecular weight is 265 g/mol. The molecule has 1 nitrogen and oxygen atoms in total. The number of aromatic hydroxyl groups is 1. The molecular weight excluding hydrogens is 251 g/mol. The fourth-order valence-electron chi connectivity index (χ4n) is 1.94. The van der Waals surface area contributed by atoms with Crippen molar-refractivity contribution in [3.05, 3.63) is 65.5 Å². The normalized spacial score (nSPS) is 12.3. The van der Waals surface area contributed by atoms with Crippen LogP contribution in [0.25, 0.3) is 0 Å². The quantitative estimate of drug-likeness (QED) is 0.825. The molecule has 0 amide bonds. The maximum Gasteiger partial charge on any atom is 0.123 e.